The standard InChI is InChI=1S/C23H23FN6OS/c1-13(2)32-17-9-7-15(8-10-17)19-12-27-21(26)20(28-19)23-30-29-22(31-23)16-5-3-14(4-6-16)18(25)11-24/h3-10,12-13,18H,11,25H2,1-2H3,(H2,26,27). The number of hydrogen-bond acceptors (Lipinski definition) is 8. The van der Waals surface area contributed by atoms with E-state index in [9.17, 15) is 4.39 Å². The lowest BCUT2D eigenvalue weighted by Gasteiger charge is -2.07. The molecule has 0 saturated carbocycles. The van der Waals surface area contributed by atoms with Gasteiger partial charge in [-0.05, 0) is 29.8 Å². The molecule has 0 bridgehead atoms. The van der Waals surface area contributed by atoms with E-state index in [-0.39, 0.29) is 11.7 Å². The first-order valence-corrected chi connectivity index (χ1v) is 11.0. The van der Waals surface area contributed by atoms with E-state index < -0.39 is 12.7 Å². The summed E-state index contributed by atoms with van der Waals surface area (Å²) in [6.45, 7) is 3.68. The van der Waals surface area contributed by atoms with Crippen LogP contribution in [0.5, 0.6) is 0 Å². The van der Waals surface area contributed by atoms with E-state index in [1.54, 1.807) is 42.2 Å². The van der Waals surface area contributed by atoms with Gasteiger partial charge in [0.2, 0.25) is 5.89 Å². The number of alkyl halides is 1. The molecule has 4 aromatic rings. The molecular formula is C23H23FN6OS. The predicted octanol–water partition coefficient (Wildman–Crippen LogP) is 4.91. The van der Waals surface area contributed by atoms with Crippen LogP contribution in [0.25, 0.3) is 34.3 Å². The molecule has 0 fully saturated rings. The van der Waals surface area contributed by atoms with Gasteiger partial charge in [0.1, 0.15) is 6.67 Å². The Morgan fingerprint density at radius 3 is 2.28 bits per heavy atom. The van der Waals surface area contributed by atoms with E-state index >= 15 is 0 Å². The third-order valence-corrected chi connectivity index (χ3v) is 5.72. The van der Waals surface area contributed by atoms with Crippen molar-refractivity contribution >= 4 is 17.6 Å². The molecule has 0 aliphatic rings. The fourth-order valence-electron chi connectivity index (χ4n) is 3.07. The molecule has 0 saturated heterocycles. The van der Waals surface area contributed by atoms with Gasteiger partial charge in [0.15, 0.2) is 11.5 Å². The summed E-state index contributed by atoms with van der Waals surface area (Å²) in [7, 11) is 0. The Kier molecular flexibility index (Phi) is 6.48. The van der Waals surface area contributed by atoms with Crippen molar-refractivity contribution in [3.05, 3.63) is 60.3 Å². The van der Waals surface area contributed by atoms with Crippen LogP contribution in [-0.2, 0) is 0 Å². The molecule has 0 aliphatic heterocycles. The smallest absolute Gasteiger partial charge is 0.270 e. The molecule has 9 heteroatoms. The van der Waals surface area contributed by atoms with Crippen molar-refractivity contribution in [2.45, 2.75) is 30.0 Å². The van der Waals surface area contributed by atoms with Gasteiger partial charge in [0.05, 0.1) is 17.9 Å². The van der Waals surface area contributed by atoms with E-state index in [2.05, 4.69) is 46.1 Å². The molecule has 0 aliphatic carbocycles. The number of nitrogens with two attached hydrogens (primary N) is 2. The minimum absolute atomic E-state index is 0.170. The first kappa shape index (κ1) is 21.9. The van der Waals surface area contributed by atoms with Crippen molar-refractivity contribution in [2.24, 2.45) is 5.73 Å². The third kappa shape index (κ3) is 4.79. The maximum absolute atomic E-state index is 12.8. The Morgan fingerprint density at radius 1 is 0.969 bits per heavy atom. The van der Waals surface area contributed by atoms with E-state index in [1.807, 2.05) is 12.1 Å². The van der Waals surface area contributed by atoms with Gasteiger partial charge in [0, 0.05) is 21.3 Å². The summed E-state index contributed by atoms with van der Waals surface area (Å²) in [4.78, 5) is 10.1. The van der Waals surface area contributed by atoms with Crippen LogP contribution >= 0.6 is 11.8 Å². The summed E-state index contributed by atoms with van der Waals surface area (Å²) in [5.74, 6) is 0.658. The second kappa shape index (κ2) is 9.46. The second-order valence-corrected chi connectivity index (χ2v) is 9.13. The molecule has 4 N–H and O–H groups in total. The number of halogens is 1. The Morgan fingerprint density at radius 2 is 1.62 bits per heavy atom. The number of nitrogen functional groups attached to an aromatic ring is 1. The Balaban J connectivity index is 1.60. The van der Waals surface area contributed by atoms with Crippen LogP contribution in [0.3, 0.4) is 0 Å². The Bertz CT molecular complexity index is 1190. The normalized spacial score (nSPS) is 12.3. The largest absolute Gasteiger partial charge is 0.414 e. The van der Waals surface area contributed by atoms with E-state index in [0.717, 1.165) is 5.56 Å². The minimum Gasteiger partial charge on any atom is -0.414 e. The molecule has 0 spiro atoms. The second-order valence-electron chi connectivity index (χ2n) is 7.48. The quantitative estimate of drug-likeness (QED) is 0.381. The molecule has 4 rings (SSSR count). The zero-order chi connectivity index (χ0) is 22.7. The third-order valence-electron chi connectivity index (χ3n) is 4.70. The minimum atomic E-state index is -0.654. The summed E-state index contributed by atoms with van der Waals surface area (Å²) >= 11 is 1.79. The molecule has 32 heavy (non-hydrogen) atoms. The van der Waals surface area contributed by atoms with Crippen LogP contribution in [0.15, 0.2) is 64.0 Å². The molecule has 0 amide bonds. The molecular weight excluding hydrogens is 427 g/mol. The van der Waals surface area contributed by atoms with Gasteiger partial charge in [-0.25, -0.2) is 14.4 Å². The average molecular weight is 451 g/mol. The van der Waals surface area contributed by atoms with Crippen molar-refractivity contribution in [1.29, 1.82) is 0 Å². The van der Waals surface area contributed by atoms with Crippen molar-refractivity contribution in [2.75, 3.05) is 12.4 Å². The number of benzene rings is 2. The van der Waals surface area contributed by atoms with Gasteiger partial charge in [-0.15, -0.1) is 22.0 Å². The fraction of sp³-hybridized carbons (Fsp3) is 0.217. The number of thioether (sulfide) groups is 1. The van der Waals surface area contributed by atoms with Crippen molar-refractivity contribution in [1.82, 2.24) is 20.2 Å². The van der Waals surface area contributed by atoms with Crippen LogP contribution in [0.1, 0.15) is 25.5 Å². The van der Waals surface area contributed by atoms with E-state index in [0.29, 0.717) is 33.7 Å². The summed E-state index contributed by atoms with van der Waals surface area (Å²) in [5, 5.41) is 8.69. The number of hydrogen-bond donors (Lipinski definition) is 2. The SMILES string of the molecule is CC(C)Sc1ccc(-c2cnc(N)c(-c3nnc(-c4ccc(C(N)CF)cc4)o3)n2)cc1. The monoisotopic (exact) mass is 450 g/mol. The summed E-state index contributed by atoms with van der Waals surface area (Å²) in [6.07, 6.45) is 1.62. The molecule has 2 aromatic heterocycles. The van der Waals surface area contributed by atoms with Gasteiger partial charge in [-0.3, -0.25) is 0 Å². The fourth-order valence-corrected chi connectivity index (χ4v) is 3.91. The van der Waals surface area contributed by atoms with Crippen LogP contribution in [0.4, 0.5) is 10.2 Å². The highest BCUT2D eigenvalue weighted by Gasteiger charge is 2.17. The maximum atomic E-state index is 12.8. The number of anilines is 1. The van der Waals surface area contributed by atoms with Crippen LogP contribution in [-0.4, -0.2) is 32.1 Å². The molecule has 164 valence electrons. The molecule has 0 radical (unpaired) electrons. The first-order chi connectivity index (χ1) is 15.4. The summed E-state index contributed by atoms with van der Waals surface area (Å²) in [6, 6.07) is 14.4. The van der Waals surface area contributed by atoms with E-state index in [1.165, 1.54) is 4.90 Å². The zero-order valence-corrected chi connectivity index (χ0v) is 18.5. The zero-order valence-electron chi connectivity index (χ0n) is 17.7. The van der Waals surface area contributed by atoms with Crippen molar-refractivity contribution in [3.8, 4) is 34.3 Å². The van der Waals surface area contributed by atoms with Crippen molar-refractivity contribution < 1.29 is 8.81 Å². The number of aromatic nitrogens is 4. The molecule has 7 nitrogen and oxygen atoms in total. The van der Waals surface area contributed by atoms with Gasteiger partial charge in [-0.1, -0.05) is 38.1 Å². The van der Waals surface area contributed by atoms with Crippen LogP contribution in [0, 0.1) is 0 Å². The first-order valence-electron chi connectivity index (χ1n) is 10.1. The predicted molar refractivity (Wildman–Crippen MR) is 125 cm³/mol. The lowest BCUT2D eigenvalue weighted by Crippen LogP contribution is -2.11. The summed E-state index contributed by atoms with van der Waals surface area (Å²) < 4.78 is 18.6. The van der Waals surface area contributed by atoms with Gasteiger partial charge < -0.3 is 15.9 Å². The topological polar surface area (TPSA) is 117 Å². The number of nitrogens with zero attached hydrogens (tertiary/aromatic N) is 4. The Hall–Kier alpha value is -3.30. The molecule has 1 atom stereocenters. The highest BCUT2D eigenvalue weighted by Crippen LogP contribution is 2.30. The van der Waals surface area contributed by atoms with Gasteiger partial charge >= 0.3 is 0 Å². The molecule has 1 unspecified atom stereocenters. The van der Waals surface area contributed by atoms with Gasteiger partial charge in [-0.2, -0.15) is 0 Å². The molecule has 2 aromatic carbocycles. The van der Waals surface area contributed by atoms with Gasteiger partial charge in [0.25, 0.3) is 5.89 Å². The highest BCUT2D eigenvalue weighted by molar-refractivity contribution is 7.99. The van der Waals surface area contributed by atoms with E-state index in [4.69, 9.17) is 15.9 Å². The lowest BCUT2D eigenvalue weighted by atomic mass is 10.1. The molecule has 2 heterocycles. The average Bonchev–Trinajstić information content (AvgIpc) is 3.29. The lowest BCUT2D eigenvalue weighted by molar-refractivity contribution is 0.437. The van der Waals surface area contributed by atoms with Crippen LogP contribution in [0.2, 0.25) is 0 Å². The maximum Gasteiger partial charge on any atom is 0.270 e. The van der Waals surface area contributed by atoms with Crippen LogP contribution < -0.4 is 11.5 Å². The van der Waals surface area contributed by atoms with Crippen molar-refractivity contribution in [3.63, 3.8) is 0 Å². The Labute approximate surface area is 189 Å². The number of rotatable bonds is 7. The summed E-state index contributed by atoms with van der Waals surface area (Å²) in [5.41, 5.74) is 15.0. The highest BCUT2D eigenvalue weighted by atomic mass is 32.2.